The lowest BCUT2D eigenvalue weighted by Crippen LogP contribution is -2.35. The van der Waals surface area contributed by atoms with Crippen LogP contribution >= 0.6 is 0 Å². The number of nitrogens with one attached hydrogen (secondary N) is 1. The van der Waals surface area contributed by atoms with E-state index in [9.17, 15) is 19.7 Å². The van der Waals surface area contributed by atoms with Crippen LogP contribution in [-0.2, 0) is 4.79 Å². The Labute approximate surface area is 110 Å². The van der Waals surface area contributed by atoms with E-state index in [0.717, 1.165) is 0 Å². The molecule has 0 fully saturated rings. The van der Waals surface area contributed by atoms with Crippen molar-refractivity contribution < 1.29 is 14.5 Å². The molecule has 0 heterocycles. The van der Waals surface area contributed by atoms with Crippen LogP contribution in [0.2, 0.25) is 0 Å². The molecule has 1 aromatic carbocycles. The summed E-state index contributed by atoms with van der Waals surface area (Å²) in [6, 6.07) is 4.13. The Balaban J connectivity index is 3.01. The van der Waals surface area contributed by atoms with E-state index in [1.165, 1.54) is 23.1 Å². The van der Waals surface area contributed by atoms with Crippen molar-refractivity contribution in [1.29, 1.82) is 0 Å². The van der Waals surface area contributed by atoms with Crippen LogP contribution in [-0.4, -0.2) is 37.3 Å². The van der Waals surface area contributed by atoms with E-state index in [-0.39, 0.29) is 23.7 Å². The van der Waals surface area contributed by atoms with Crippen LogP contribution in [0.15, 0.2) is 18.2 Å². The number of likely N-dealkylation sites (N-methyl/N-ethyl adjacent to an activating group) is 2. The third-order valence-electron chi connectivity index (χ3n) is 2.50. The standard InChI is InChI=1S/C12H15N3O4/c1-3-13-12(17)7-14(2)10-5-4-9(8-16)6-11(10)15(18)19/h4-6,8H,3,7H2,1-2H3,(H,13,17). The van der Waals surface area contributed by atoms with Gasteiger partial charge in [-0.25, -0.2) is 0 Å². The van der Waals surface area contributed by atoms with Gasteiger partial charge in [0.1, 0.15) is 12.0 Å². The highest BCUT2D eigenvalue weighted by Gasteiger charge is 2.19. The lowest BCUT2D eigenvalue weighted by Gasteiger charge is -2.18. The summed E-state index contributed by atoms with van der Waals surface area (Å²) in [4.78, 5) is 33.9. The molecule has 0 aliphatic heterocycles. The number of nitro groups is 1. The molecule has 1 aromatic rings. The SMILES string of the molecule is CCNC(=O)CN(C)c1ccc(C=O)cc1[N+](=O)[O-]. The monoisotopic (exact) mass is 265 g/mol. The number of carbonyl (C=O) groups is 2. The maximum atomic E-state index is 11.5. The van der Waals surface area contributed by atoms with Crippen LogP contribution in [0.25, 0.3) is 0 Å². The summed E-state index contributed by atoms with van der Waals surface area (Å²) in [5.41, 5.74) is 0.320. The van der Waals surface area contributed by atoms with Crippen molar-refractivity contribution in [2.24, 2.45) is 0 Å². The third kappa shape index (κ3) is 3.77. The second kappa shape index (κ2) is 6.48. The Morgan fingerprint density at radius 1 is 1.53 bits per heavy atom. The highest BCUT2D eigenvalue weighted by Crippen LogP contribution is 2.27. The normalized spacial score (nSPS) is 9.79. The van der Waals surface area contributed by atoms with Gasteiger partial charge in [0, 0.05) is 25.2 Å². The minimum atomic E-state index is -0.573. The Hall–Kier alpha value is -2.44. The predicted molar refractivity (Wildman–Crippen MR) is 70.4 cm³/mol. The molecule has 0 aliphatic carbocycles. The summed E-state index contributed by atoms with van der Waals surface area (Å²) >= 11 is 0. The van der Waals surface area contributed by atoms with Crippen molar-refractivity contribution in [3.05, 3.63) is 33.9 Å². The van der Waals surface area contributed by atoms with Crippen molar-refractivity contribution in [2.45, 2.75) is 6.92 Å². The molecule has 0 radical (unpaired) electrons. The number of hydrogen-bond donors (Lipinski definition) is 1. The second-order valence-electron chi connectivity index (χ2n) is 3.93. The first-order chi connectivity index (χ1) is 8.99. The Bertz CT molecular complexity index is 502. The number of carbonyl (C=O) groups excluding carboxylic acids is 2. The van der Waals surface area contributed by atoms with Gasteiger partial charge in [0.25, 0.3) is 5.69 Å². The minimum Gasteiger partial charge on any atom is -0.360 e. The van der Waals surface area contributed by atoms with Gasteiger partial charge in [0.15, 0.2) is 0 Å². The zero-order valence-electron chi connectivity index (χ0n) is 10.8. The minimum absolute atomic E-state index is 0.00904. The summed E-state index contributed by atoms with van der Waals surface area (Å²) in [7, 11) is 1.58. The lowest BCUT2D eigenvalue weighted by atomic mass is 10.1. The zero-order valence-corrected chi connectivity index (χ0v) is 10.8. The van der Waals surface area contributed by atoms with E-state index in [4.69, 9.17) is 0 Å². The fraction of sp³-hybridized carbons (Fsp3) is 0.333. The van der Waals surface area contributed by atoms with Gasteiger partial charge in [-0.3, -0.25) is 19.7 Å². The van der Waals surface area contributed by atoms with E-state index >= 15 is 0 Å². The van der Waals surface area contributed by atoms with Gasteiger partial charge in [0.05, 0.1) is 11.5 Å². The van der Waals surface area contributed by atoms with Crippen molar-refractivity contribution >= 4 is 23.6 Å². The van der Waals surface area contributed by atoms with Crippen LogP contribution in [0.1, 0.15) is 17.3 Å². The summed E-state index contributed by atoms with van der Waals surface area (Å²) < 4.78 is 0. The highest BCUT2D eigenvalue weighted by molar-refractivity contribution is 5.84. The Morgan fingerprint density at radius 2 is 2.21 bits per heavy atom. The number of aldehydes is 1. The fourth-order valence-corrected chi connectivity index (χ4v) is 1.64. The van der Waals surface area contributed by atoms with Gasteiger partial charge >= 0.3 is 0 Å². The molecule has 1 N–H and O–H groups in total. The molecule has 0 atom stereocenters. The van der Waals surface area contributed by atoms with Crippen molar-refractivity contribution in [1.82, 2.24) is 5.32 Å². The molecule has 0 aromatic heterocycles. The highest BCUT2D eigenvalue weighted by atomic mass is 16.6. The maximum absolute atomic E-state index is 11.5. The molecule has 0 spiro atoms. The van der Waals surface area contributed by atoms with Crippen molar-refractivity contribution in [3.63, 3.8) is 0 Å². The molecule has 0 saturated carbocycles. The molecule has 102 valence electrons. The quantitative estimate of drug-likeness (QED) is 0.470. The van der Waals surface area contributed by atoms with E-state index < -0.39 is 4.92 Å². The van der Waals surface area contributed by atoms with E-state index in [1.54, 1.807) is 14.0 Å². The molecule has 7 nitrogen and oxygen atoms in total. The van der Waals surface area contributed by atoms with Crippen LogP contribution in [0.4, 0.5) is 11.4 Å². The molecule has 0 unspecified atom stereocenters. The van der Waals surface area contributed by atoms with Crippen LogP contribution in [0, 0.1) is 10.1 Å². The second-order valence-corrected chi connectivity index (χ2v) is 3.93. The molecule has 0 bridgehead atoms. The summed E-state index contributed by atoms with van der Waals surface area (Å²) in [5.74, 6) is -0.223. The number of nitro benzene ring substituents is 1. The summed E-state index contributed by atoms with van der Waals surface area (Å²) in [5, 5.41) is 13.6. The molecule has 1 amide bonds. The first-order valence-electron chi connectivity index (χ1n) is 5.71. The third-order valence-corrected chi connectivity index (χ3v) is 2.50. The van der Waals surface area contributed by atoms with Gasteiger partial charge < -0.3 is 10.2 Å². The average molecular weight is 265 g/mol. The number of amides is 1. The van der Waals surface area contributed by atoms with Gasteiger partial charge in [-0.05, 0) is 19.1 Å². The van der Waals surface area contributed by atoms with Crippen LogP contribution < -0.4 is 10.2 Å². The number of nitrogens with zero attached hydrogens (tertiary/aromatic N) is 2. The predicted octanol–water partition coefficient (Wildman–Crippen LogP) is 0.980. The smallest absolute Gasteiger partial charge is 0.293 e. The van der Waals surface area contributed by atoms with Crippen molar-refractivity contribution in [3.8, 4) is 0 Å². The molecular weight excluding hydrogens is 250 g/mol. The summed E-state index contributed by atoms with van der Waals surface area (Å²) in [6.45, 7) is 2.30. The Kier molecular flexibility index (Phi) is 4.99. The van der Waals surface area contributed by atoms with E-state index in [0.29, 0.717) is 18.5 Å². The van der Waals surface area contributed by atoms with Gasteiger partial charge in [-0.2, -0.15) is 0 Å². The molecule has 0 saturated heterocycles. The average Bonchev–Trinajstić information content (AvgIpc) is 2.38. The van der Waals surface area contributed by atoms with E-state index in [1.807, 2.05) is 0 Å². The lowest BCUT2D eigenvalue weighted by molar-refractivity contribution is -0.384. The Morgan fingerprint density at radius 3 is 2.74 bits per heavy atom. The number of rotatable bonds is 6. The maximum Gasteiger partial charge on any atom is 0.293 e. The fourth-order valence-electron chi connectivity index (χ4n) is 1.64. The van der Waals surface area contributed by atoms with Gasteiger partial charge in [-0.15, -0.1) is 0 Å². The molecule has 19 heavy (non-hydrogen) atoms. The molecule has 0 aliphatic rings. The van der Waals surface area contributed by atoms with Crippen LogP contribution in [0.5, 0.6) is 0 Å². The topological polar surface area (TPSA) is 92.6 Å². The van der Waals surface area contributed by atoms with E-state index in [2.05, 4.69) is 5.32 Å². The molecule has 1 rings (SSSR count). The number of benzene rings is 1. The molecule has 7 heteroatoms. The summed E-state index contributed by atoms with van der Waals surface area (Å²) in [6.07, 6.45) is 0.542. The van der Waals surface area contributed by atoms with Gasteiger partial charge in [-0.1, -0.05) is 0 Å². The first kappa shape index (κ1) is 14.6. The van der Waals surface area contributed by atoms with Crippen LogP contribution in [0.3, 0.4) is 0 Å². The first-order valence-corrected chi connectivity index (χ1v) is 5.71. The largest absolute Gasteiger partial charge is 0.360 e. The van der Waals surface area contributed by atoms with Gasteiger partial charge in [0.2, 0.25) is 5.91 Å². The van der Waals surface area contributed by atoms with Crippen molar-refractivity contribution in [2.75, 3.05) is 25.0 Å². The number of anilines is 1. The molecular formula is C12H15N3O4. The zero-order chi connectivity index (χ0) is 14.4. The number of hydrogen-bond acceptors (Lipinski definition) is 5.